The summed E-state index contributed by atoms with van der Waals surface area (Å²) in [5, 5.41) is 0. The SMILES string of the molecule is COCC(N)C(=O)CC1CCOc2ccccc21. The first-order valence-corrected chi connectivity index (χ1v) is 6.21. The number of ether oxygens (including phenoxy) is 2. The summed E-state index contributed by atoms with van der Waals surface area (Å²) in [7, 11) is 1.55. The zero-order chi connectivity index (χ0) is 13.0. The van der Waals surface area contributed by atoms with Gasteiger partial charge < -0.3 is 15.2 Å². The summed E-state index contributed by atoms with van der Waals surface area (Å²) >= 11 is 0. The molecular weight excluding hydrogens is 230 g/mol. The van der Waals surface area contributed by atoms with Gasteiger partial charge in [0.25, 0.3) is 0 Å². The second-order valence-corrected chi connectivity index (χ2v) is 4.60. The average molecular weight is 249 g/mol. The van der Waals surface area contributed by atoms with Crippen LogP contribution in [0.2, 0.25) is 0 Å². The molecule has 1 aromatic rings. The van der Waals surface area contributed by atoms with Crippen LogP contribution < -0.4 is 10.5 Å². The van der Waals surface area contributed by atoms with Crippen molar-refractivity contribution in [2.24, 2.45) is 5.73 Å². The van der Waals surface area contributed by atoms with Gasteiger partial charge in [0, 0.05) is 13.5 Å². The molecule has 0 amide bonds. The summed E-state index contributed by atoms with van der Waals surface area (Å²) in [5.41, 5.74) is 6.87. The van der Waals surface area contributed by atoms with Gasteiger partial charge in [-0.25, -0.2) is 0 Å². The van der Waals surface area contributed by atoms with Gasteiger partial charge in [-0.3, -0.25) is 4.79 Å². The summed E-state index contributed by atoms with van der Waals surface area (Å²) < 4.78 is 10.5. The molecule has 4 nitrogen and oxygen atoms in total. The fourth-order valence-electron chi connectivity index (χ4n) is 2.29. The van der Waals surface area contributed by atoms with Gasteiger partial charge in [-0.2, -0.15) is 0 Å². The van der Waals surface area contributed by atoms with Gasteiger partial charge in [-0.15, -0.1) is 0 Å². The Kier molecular flexibility index (Phi) is 4.33. The standard InChI is InChI=1S/C14H19NO3/c1-17-9-12(15)13(16)8-10-6-7-18-14-5-3-2-4-11(10)14/h2-5,10,12H,6-9,15H2,1H3. The minimum Gasteiger partial charge on any atom is -0.493 e. The molecule has 0 aromatic heterocycles. The molecule has 2 rings (SSSR count). The van der Waals surface area contributed by atoms with E-state index in [1.54, 1.807) is 7.11 Å². The predicted molar refractivity (Wildman–Crippen MR) is 68.8 cm³/mol. The quantitative estimate of drug-likeness (QED) is 0.858. The number of carbonyl (C=O) groups is 1. The number of hydrogen-bond donors (Lipinski definition) is 1. The maximum Gasteiger partial charge on any atom is 0.152 e. The molecule has 1 heterocycles. The van der Waals surface area contributed by atoms with Crippen molar-refractivity contribution in [3.8, 4) is 5.75 Å². The molecule has 2 unspecified atom stereocenters. The third-order valence-electron chi connectivity index (χ3n) is 3.29. The van der Waals surface area contributed by atoms with Gasteiger partial charge in [0.1, 0.15) is 5.75 Å². The number of benzene rings is 1. The number of methoxy groups -OCH3 is 1. The van der Waals surface area contributed by atoms with Crippen molar-refractivity contribution in [1.82, 2.24) is 0 Å². The van der Waals surface area contributed by atoms with Gasteiger partial charge >= 0.3 is 0 Å². The molecule has 1 aliphatic heterocycles. The molecule has 4 heteroatoms. The van der Waals surface area contributed by atoms with E-state index in [4.69, 9.17) is 15.2 Å². The number of hydrogen-bond acceptors (Lipinski definition) is 4. The lowest BCUT2D eigenvalue weighted by Crippen LogP contribution is -2.36. The van der Waals surface area contributed by atoms with Crippen molar-refractivity contribution < 1.29 is 14.3 Å². The molecule has 0 fully saturated rings. The number of ketones is 1. The van der Waals surface area contributed by atoms with Crippen LogP contribution in [0.4, 0.5) is 0 Å². The van der Waals surface area contributed by atoms with E-state index in [2.05, 4.69) is 0 Å². The minimum absolute atomic E-state index is 0.0542. The molecule has 0 saturated carbocycles. The van der Waals surface area contributed by atoms with Gasteiger partial charge in [-0.05, 0) is 24.0 Å². The molecule has 2 N–H and O–H groups in total. The highest BCUT2D eigenvalue weighted by molar-refractivity contribution is 5.84. The largest absolute Gasteiger partial charge is 0.493 e. The van der Waals surface area contributed by atoms with Gasteiger partial charge in [0.15, 0.2) is 5.78 Å². The number of fused-ring (bicyclic) bond motifs is 1. The van der Waals surface area contributed by atoms with Gasteiger partial charge in [0.05, 0.1) is 19.3 Å². The topological polar surface area (TPSA) is 61.5 Å². The van der Waals surface area contributed by atoms with Crippen molar-refractivity contribution in [1.29, 1.82) is 0 Å². The summed E-state index contributed by atoms with van der Waals surface area (Å²) in [4.78, 5) is 12.0. The smallest absolute Gasteiger partial charge is 0.152 e. The molecular formula is C14H19NO3. The number of Topliss-reactive ketones (excluding diaryl/α,β-unsaturated/α-hetero) is 1. The third kappa shape index (κ3) is 2.89. The summed E-state index contributed by atoms with van der Waals surface area (Å²) in [6, 6.07) is 7.36. The van der Waals surface area contributed by atoms with Gasteiger partial charge in [-0.1, -0.05) is 18.2 Å². The van der Waals surface area contributed by atoms with Crippen LogP contribution in [0, 0.1) is 0 Å². The van der Waals surface area contributed by atoms with Crippen molar-refractivity contribution in [3.05, 3.63) is 29.8 Å². The molecule has 0 saturated heterocycles. The predicted octanol–water partition coefficient (Wildman–Crippen LogP) is 1.49. The Morgan fingerprint density at radius 1 is 1.56 bits per heavy atom. The number of nitrogens with two attached hydrogens (primary N) is 1. The molecule has 1 aromatic carbocycles. The lowest BCUT2D eigenvalue weighted by Gasteiger charge is -2.26. The van der Waals surface area contributed by atoms with E-state index in [-0.39, 0.29) is 18.3 Å². The zero-order valence-electron chi connectivity index (χ0n) is 10.6. The van der Waals surface area contributed by atoms with Crippen LogP contribution in [-0.4, -0.2) is 32.1 Å². The second kappa shape index (κ2) is 5.98. The summed E-state index contributed by atoms with van der Waals surface area (Å²) in [5.74, 6) is 1.16. The Bertz CT molecular complexity index is 419. The fourth-order valence-corrected chi connectivity index (χ4v) is 2.29. The van der Waals surface area contributed by atoms with Crippen LogP contribution in [0.1, 0.15) is 24.3 Å². The van der Waals surface area contributed by atoms with Crippen molar-refractivity contribution in [2.75, 3.05) is 20.3 Å². The fraction of sp³-hybridized carbons (Fsp3) is 0.500. The normalized spacial score (nSPS) is 19.8. The van der Waals surface area contributed by atoms with E-state index in [9.17, 15) is 4.79 Å². The third-order valence-corrected chi connectivity index (χ3v) is 3.29. The molecule has 0 radical (unpaired) electrons. The molecule has 98 valence electrons. The van der Waals surface area contributed by atoms with Crippen LogP contribution in [0.5, 0.6) is 5.75 Å². The highest BCUT2D eigenvalue weighted by Gasteiger charge is 2.25. The first kappa shape index (κ1) is 13.1. The van der Waals surface area contributed by atoms with Crippen LogP contribution >= 0.6 is 0 Å². The number of rotatable bonds is 5. The Morgan fingerprint density at radius 2 is 2.33 bits per heavy atom. The maximum absolute atomic E-state index is 12.0. The highest BCUT2D eigenvalue weighted by Crippen LogP contribution is 2.35. The minimum atomic E-state index is -0.523. The van der Waals surface area contributed by atoms with Crippen molar-refractivity contribution in [2.45, 2.75) is 24.8 Å². The van der Waals surface area contributed by atoms with Crippen LogP contribution in [0.15, 0.2) is 24.3 Å². The van der Waals surface area contributed by atoms with E-state index in [0.717, 1.165) is 17.7 Å². The first-order chi connectivity index (χ1) is 8.72. The van der Waals surface area contributed by atoms with Crippen LogP contribution in [0.25, 0.3) is 0 Å². The number of para-hydroxylation sites is 1. The summed E-state index contributed by atoms with van der Waals surface area (Å²) in [6.07, 6.45) is 1.33. The van der Waals surface area contributed by atoms with Gasteiger partial charge in [0.2, 0.25) is 0 Å². The highest BCUT2D eigenvalue weighted by atomic mass is 16.5. The molecule has 0 spiro atoms. The molecule has 0 aliphatic carbocycles. The lowest BCUT2D eigenvalue weighted by molar-refractivity contribution is -0.121. The Balaban J connectivity index is 2.05. The van der Waals surface area contributed by atoms with Crippen molar-refractivity contribution >= 4 is 5.78 Å². The molecule has 0 bridgehead atoms. The Hall–Kier alpha value is -1.39. The van der Waals surface area contributed by atoms with E-state index >= 15 is 0 Å². The second-order valence-electron chi connectivity index (χ2n) is 4.60. The van der Waals surface area contributed by atoms with Crippen LogP contribution in [-0.2, 0) is 9.53 Å². The maximum atomic E-state index is 12.0. The lowest BCUT2D eigenvalue weighted by atomic mass is 9.87. The van der Waals surface area contributed by atoms with E-state index in [1.807, 2.05) is 24.3 Å². The first-order valence-electron chi connectivity index (χ1n) is 6.21. The molecule has 1 aliphatic rings. The molecule has 18 heavy (non-hydrogen) atoms. The van der Waals surface area contributed by atoms with Crippen molar-refractivity contribution in [3.63, 3.8) is 0 Å². The number of carbonyl (C=O) groups excluding carboxylic acids is 1. The van der Waals surface area contributed by atoms with Crippen LogP contribution in [0.3, 0.4) is 0 Å². The van der Waals surface area contributed by atoms with E-state index < -0.39 is 6.04 Å². The molecule has 2 atom stereocenters. The van der Waals surface area contributed by atoms with E-state index in [1.165, 1.54) is 0 Å². The Labute approximate surface area is 107 Å². The monoisotopic (exact) mass is 249 g/mol. The average Bonchev–Trinajstić information content (AvgIpc) is 2.39. The van der Waals surface area contributed by atoms with E-state index in [0.29, 0.717) is 13.0 Å². The Morgan fingerprint density at radius 3 is 3.11 bits per heavy atom. The zero-order valence-corrected chi connectivity index (χ0v) is 10.6. The summed E-state index contributed by atoms with van der Waals surface area (Å²) in [6.45, 7) is 0.943.